The molecule has 1 fully saturated rings. The van der Waals surface area contributed by atoms with E-state index in [-0.39, 0.29) is 24.6 Å². The maximum absolute atomic E-state index is 12.6. The molecule has 2 N–H and O–H groups in total. The molecule has 0 bridgehead atoms. The predicted molar refractivity (Wildman–Crippen MR) is 102 cm³/mol. The highest BCUT2D eigenvalue weighted by Crippen LogP contribution is 2.34. The molecule has 1 atom stereocenters. The number of thiophene rings is 1. The van der Waals surface area contributed by atoms with Crippen LogP contribution in [0.2, 0.25) is 0 Å². The van der Waals surface area contributed by atoms with Crippen LogP contribution in [0.3, 0.4) is 0 Å². The maximum Gasteiger partial charge on any atom is 0.317 e. The fourth-order valence-electron chi connectivity index (χ4n) is 3.28. The van der Waals surface area contributed by atoms with Crippen molar-refractivity contribution in [2.75, 3.05) is 25.2 Å². The molecule has 0 saturated carbocycles. The van der Waals surface area contributed by atoms with E-state index >= 15 is 0 Å². The molecule has 1 unspecified atom stereocenters. The molecule has 2 aromatic rings. The number of piperidine rings is 1. The summed E-state index contributed by atoms with van der Waals surface area (Å²) in [5.74, 6) is 1.01. The number of anilines is 1. The molecule has 3 heterocycles. The zero-order valence-corrected chi connectivity index (χ0v) is 15.6. The average molecular weight is 387 g/mol. The number of nitrogens with zero attached hydrogens (tertiary/aromatic N) is 1. The van der Waals surface area contributed by atoms with Crippen molar-refractivity contribution in [1.29, 1.82) is 0 Å². The van der Waals surface area contributed by atoms with E-state index in [0.29, 0.717) is 36.8 Å². The first-order valence-corrected chi connectivity index (χ1v) is 9.83. The predicted octanol–water partition coefficient (Wildman–Crippen LogP) is 3.04. The Morgan fingerprint density at radius 3 is 2.96 bits per heavy atom. The monoisotopic (exact) mass is 387 g/mol. The fourth-order valence-corrected chi connectivity index (χ4v) is 3.93. The number of fused-ring (bicyclic) bond motifs is 1. The Bertz CT molecular complexity index is 824. The van der Waals surface area contributed by atoms with Crippen LogP contribution in [0, 0.1) is 5.92 Å². The van der Waals surface area contributed by atoms with Crippen molar-refractivity contribution in [2.24, 2.45) is 5.92 Å². The quantitative estimate of drug-likeness (QED) is 0.845. The van der Waals surface area contributed by atoms with Gasteiger partial charge in [0.25, 0.3) is 0 Å². The number of hydrogen-bond donors (Lipinski definition) is 2. The maximum atomic E-state index is 12.6. The molecule has 1 aromatic heterocycles. The van der Waals surface area contributed by atoms with Crippen LogP contribution in [-0.2, 0) is 11.3 Å². The van der Waals surface area contributed by atoms with E-state index < -0.39 is 0 Å². The Labute approximate surface area is 161 Å². The minimum atomic E-state index is -0.225. The third-order valence-electron chi connectivity index (χ3n) is 4.71. The van der Waals surface area contributed by atoms with Crippen LogP contribution < -0.4 is 20.1 Å². The number of carbonyl (C=O) groups is 2. The standard InChI is InChI=1S/C19H21N3O4S/c23-18(21-14-5-6-16-17(9-14)26-12-25-16)13-3-1-7-22(11-13)19(24)20-10-15-4-2-8-27-15/h2,4-6,8-9,13H,1,3,7,10-12H2,(H,20,24)(H,21,23). The van der Waals surface area contributed by atoms with Crippen LogP contribution in [0.15, 0.2) is 35.7 Å². The van der Waals surface area contributed by atoms with Crippen molar-refractivity contribution in [1.82, 2.24) is 10.2 Å². The van der Waals surface area contributed by atoms with Gasteiger partial charge in [-0.2, -0.15) is 0 Å². The van der Waals surface area contributed by atoms with Gasteiger partial charge >= 0.3 is 6.03 Å². The van der Waals surface area contributed by atoms with Crippen molar-refractivity contribution in [3.8, 4) is 11.5 Å². The van der Waals surface area contributed by atoms with Gasteiger partial charge in [-0.3, -0.25) is 4.79 Å². The van der Waals surface area contributed by atoms with Crippen molar-refractivity contribution in [3.63, 3.8) is 0 Å². The zero-order chi connectivity index (χ0) is 18.6. The normalized spacial score (nSPS) is 18.2. The van der Waals surface area contributed by atoms with E-state index in [4.69, 9.17) is 9.47 Å². The summed E-state index contributed by atoms with van der Waals surface area (Å²) in [4.78, 5) is 27.9. The molecule has 2 aliphatic heterocycles. The SMILES string of the molecule is O=C(Nc1ccc2c(c1)OCO2)C1CCCN(C(=O)NCc2cccs2)C1. The molecule has 142 valence electrons. The zero-order valence-electron chi connectivity index (χ0n) is 14.8. The molecule has 2 aliphatic rings. The molecule has 7 nitrogen and oxygen atoms in total. The van der Waals surface area contributed by atoms with Gasteiger partial charge in [0.2, 0.25) is 12.7 Å². The third-order valence-corrected chi connectivity index (χ3v) is 5.59. The molecule has 3 amide bonds. The minimum Gasteiger partial charge on any atom is -0.454 e. The second-order valence-electron chi connectivity index (χ2n) is 6.58. The van der Waals surface area contributed by atoms with E-state index in [0.717, 1.165) is 17.7 Å². The van der Waals surface area contributed by atoms with Crippen molar-refractivity contribution in [2.45, 2.75) is 19.4 Å². The van der Waals surface area contributed by atoms with Gasteiger partial charge in [0.1, 0.15) is 0 Å². The number of ether oxygens (including phenoxy) is 2. The van der Waals surface area contributed by atoms with Crippen LogP contribution in [-0.4, -0.2) is 36.7 Å². The van der Waals surface area contributed by atoms with Crippen LogP contribution in [0.5, 0.6) is 11.5 Å². The molecular weight excluding hydrogens is 366 g/mol. The van der Waals surface area contributed by atoms with E-state index in [1.165, 1.54) is 0 Å². The smallest absolute Gasteiger partial charge is 0.317 e. The number of amides is 3. The highest BCUT2D eigenvalue weighted by molar-refractivity contribution is 7.09. The van der Waals surface area contributed by atoms with E-state index in [1.54, 1.807) is 34.4 Å². The summed E-state index contributed by atoms with van der Waals surface area (Å²) in [6, 6.07) is 9.16. The number of benzene rings is 1. The molecule has 0 radical (unpaired) electrons. The molecule has 8 heteroatoms. The van der Waals surface area contributed by atoms with Crippen LogP contribution in [0.4, 0.5) is 10.5 Å². The van der Waals surface area contributed by atoms with E-state index in [9.17, 15) is 9.59 Å². The minimum absolute atomic E-state index is 0.0791. The molecule has 1 saturated heterocycles. The van der Waals surface area contributed by atoms with Gasteiger partial charge in [0.15, 0.2) is 11.5 Å². The summed E-state index contributed by atoms with van der Waals surface area (Å²) in [5, 5.41) is 7.84. The van der Waals surface area contributed by atoms with Gasteiger partial charge in [-0.1, -0.05) is 6.07 Å². The number of urea groups is 1. The van der Waals surface area contributed by atoms with Gasteiger partial charge in [-0.05, 0) is 36.4 Å². The van der Waals surface area contributed by atoms with Gasteiger partial charge in [-0.15, -0.1) is 11.3 Å². The van der Waals surface area contributed by atoms with E-state index in [2.05, 4.69) is 10.6 Å². The molecular formula is C19H21N3O4S. The molecule has 0 spiro atoms. The first-order valence-electron chi connectivity index (χ1n) is 8.95. The lowest BCUT2D eigenvalue weighted by molar-refractivity contribution is -0.121. The van der Waals surface area contributed by atoms with E-state index in [1.807, 2.05) is 17.5 Å². The molecule has 1 aromatic carbocycles. The highest BCUT2D eigenvalue weighted by Gasteiger charge is 2.28. The van der Waals surface area contributed by atoms with Crippen LogP contribution >= 0.6 is 11.3 Å². The molecule has 4 rings (SSSR count). The third kappa shape index (κ3) is 4.16. The molecule has 0 aliphatic carbocycles. The average Bonchev–Trinajstić information content (AvgIpc) is 3.37. The summed E-state index contributed by atoms with van der Waals surface area (Å²) >= 11 is 1.61. The summed E-state index contributed by atoms with van der Waals surface area (Å²) in [6.45, 7) is 1.81. The topological polar surface area (TPSA) is 79.9 Å². The Balaban J connectivity index is 1.32. The van der Waals surface area contributed by atoms with Gasteiger partial charge in [-0.25, -0.2) is 4.79 Å². The van der Waals surface area contributed by atoms with Gasteiger partial charge in [0, 0.05) is 29.7 Å². The number of hydrogen-bond acceptors (Lipinski definition) is 5. The van der Waals surface area contributed by atoms with Gasteiger partial charge in [0.05, 0.1) is 12.5 Å². The second-order valence-corrected chi connectivity index (χ2v) is 7.61. The number of nitrogens with one attached hydrogen (secondary N) is 2. The number of likely N-dealkylation sites (tertiary alicyclic amines) is 1. The van der Waals surface area contributed by atoms with Gasteiger partial charge < -0.3 is 25.0 Å². The first kappa shape index (κ1) is 17.7. The highest BCUT2D eigenvalue weighted by atomic mass is 32.1. The Hall–Kier alpha value is -2.74. The lowest BCUT2D eigenvalue weighted by Crippen LogP contribution is -2.47. The van der Waals surface area contributed by atoms with Crippen LogP contribution in [0.25, 0.3) is 0 Å². The summed E-state index contributed by atoms with van der Waals surface area (Å²) in [7, 11) is 0. The summed E-state index contributed by atoms with van der Waals surface area (Å²) in [5.41, 5.74) is 0.670. The molecule has 27 heavy (non-hydrogen) atoms. The van der Waals surface area contributed by atoms with Crippen LogP contribution in [0.1, 0.15) is 17.7 Å². The number of rotatable bonds is 4. The number of carbonyl (C=O) groups excluding carboxylic acids is 2. The van der Waals surface area contributed by atoms with Crippen molar-refractivity contribution in [3.05, 3.63) is 40.6 Å². The first-order chi connectivity index (χ1) is 13.2. The Morgan fingerprint density at radius 1 is 1.22 bits per heavy atom. The summed E-state index contributed by atoms with van der Waals surface area (Å²) < 4.78 is 10.6. The lowest BCUT2D eigenvalue weighted by Gasteiger charge is -2.32. The second kappa shape index (κ2) is 7.87. The Morgan fingerprint density at radius 2 is 2.11 bits per heavy atom. The lowest BCUT2D eigenvalue weighted by atomic mass is 9.97. The fraction of sp³-hybridized carbons (Fsp3) is 0.368. The Kier molecular flexibility index (Phi) is 5.15. The summed E-state index contributed by atoms with van der Waals surface area (Å²) in [6.07, 6.45) is 1.58. The van der Waals surface area contributed by atoms with Crippen molar-refractivity contribution < 1.29 is 19.1 Å². The largest absolute Gasteiger partial charge is 0.454 e. The van der Waals surface area contributed by atoms with Crippen molar-refractivity contribution >= 4 is 29.0 Å².